The maximum absolute atomic E-state index is 11.7. The van der Waals surface area contributed by atoms with E-state index in [-0.39, 0.29) is 5.69 Å². The summed E-state index contributed by atoms with van der Waals surface area (Å²) in [6, 6.07) is 8.80. The molecule has 1 amide bonds. The maximum atomic E-state index is 11.7. The lowest BCUT2D eigenvalue weighted by Crippen LogP contribution is -2.43. The van der Waals surface area contributed by atoms with Crippen molar-refractivity contribution in [2.24, 2.45) is 5.73 Å². The highest BCUT2D eigenvalue weighted by atomic mass is 16.5. The Bertz CT molecular complexity index is 533. The summed E-state index contributed by atoms with van der Waals surface area (Å²) in [6.45, 7) is 1.56. The Morgan fingerprint density at radius 1 is 1.44 bits per heavy atom. The molecule has 0 saturated carbocycles. The highest BCUT2D eigenvalue weighted by molar-refractivity contribution is 5.90. The Morgan fingerprint density at radius 2 is 2.06 bits per heavy atom. The minimum absolute atomic E-state index is 0.135. The van der Waals surface area contributed by atoms with Crippen LogP contribution in [0.5, 0.6) is 0 Å². The second-order valence-electron chi connectivity index (χ2n) is 3.30. The van der Waals surface area contributed by atoms with Crippen molar-refractivity contribution in [3.63, 3.8) is 0 Å². The van der Waals surface area contributed by atoms with E-state index in [4.69, 9.17) is 5.73 Å². The summed E-state index contributed by atoms with van der Waals surface area (Å²) in [4.78, 5) is 12.5. The van der Waals surface area contributed by atoms with Gasteiger partial charge in [-0.25, -0.2) is 0 Å². The summed E-state index contributed by atoms with van der Waals surface area (Å²) in [5, 5.41) is 15.7. The number of nitrogens with zero attached hydrogens (tertiary/aromatic N) is 3. The molecule has 0 unspecified atom stereocenters. The first kappa shape index (κ1) is 10.2. The number of carbonyl (C=O) groups excluding carboxylic acids is 1. The van der Waals surface area contributed by atoms with E-state index < -0.39 is 5.91 Å². The lowest BCUT2D eigenvalue weighted by Gasteiger charge is -2.04. The summed E-state index contributed by atoms with van der Waals surface area (Å²) in [5.41, 5.74) is 5.85. The maximum Gasteiger partial charge on any atom is 0.295 e. The molecule has 0 radical (unpaired) electrons. The predicted octanol–water partition coefficient (Wildman–Crippen LogP) is -0.0870. The monoisotopic (exact) mass is 218 g/mol. The number of benzene rings is 1. The molecule has 0 aliphatic carbocycles. The minimum Gasteiger partial charge on any atom is -0.692 e. The van der Waals surface area contributed by atoms with Gasteiger partial charge in [0.05, 0.1) is 0 Å². The van der Waals surface area contributed by atoms with E-state index >= 15 is 0 Å². The van der Waals surface area contributed by atoms with E-state index in [1.54, 1.807) is 31.2 Å². The highest BCUT2D eigenvalue weighted by Crippen LogP contribution is 2.05. The summed E-state index contributed by atoms with van der Waals surface area (Å²) < 4.78 is 0. The molecule has 6 heteroatoms. The predicted molar refractivity (Wildman–Crippen MR) is 55.8 cm³/mol. The van der Waals surface area contributed by atoms with Crippen LogP contribution < -0.4 is 10.6 Å². The molecule has 16 heavy (non-hydrogen) atoms. The number of para-hydroxylation sites is 1. The molecule has 1 aromatic carbocycles. The van der Waals surface area contributed by atoms with Crippen LogP contribution in [0.1, 0.15) is 16.2 Å². The molecule has 0 spiro atoms. The van der Waals surface area contributed by atoms with Gasteiger partial charge in [-0.3, -0.25) is 4.79 Å². The van der Waals surface area contributed by atoms with Gasteiger partial charge in [-0.15, -0.1) is 4.85 Å². The molecule has 0 aliphatic heterocycles. The van der Waals surface area contributed by atoms with E-state index in [2.05, 4.69) is 5.10 Å². The quantitative estimate of drug-likeness (QED) is 0.564. The van der Waals surface area contributed by atoms with Crippen LogP contribution in [0.3, 0.4) is 0 Å². The number of hydrogen-bond donors (Lipinski definition) is 1. The first-order valence-electron chi connectivity index (χ1n) is 4.66. The summed E-state index contributed by atoms with van der Waals surface area (Å²) >= 11 is 0. The van der Waals surface area contributed by atoms with Crippen molar-refractivity contribution in [3.05, 3.63) is 46.9 Å². The molecule has 0 saturated heterocycles. The molecule has 1 heterocycles. The summed E-state index contributed by atoms with van der Waals surface area (Å²) in [5.74, 6) is -0.783. The normalized spacial score (nSPS) is 10.3. The Balaban J connectivity index is 2.61. The number of carbonyl (C=O) groups is 1. The number of nitrogens with two attached hydrogens (primary N) is 1. The third-order valence-corrected chi connectivity index (χ3v) is 2.17. The van der Waals surface area contributed by atoms with Gasteiger partial charge in [-0.1, -0.05) is 18.2 Å². The van der Waals surface area contributed by atoms with Gasteiger partial charge >= 0.3 is 0 Å². The number of aryl methyl sites for hydroxylation is 1. The molecule has 0 atom stereocenters. The Labute approximate surface area is 91.5 Å². The Kier molecular flexibility index (Phi) is 2.32. The molecule has 0 fully saturated rings. The van der Waals surface area contributed by atoms with Crippen molar-refractivity contribution < 1.29 is 9.64 Å². The number of amides is 1. The molecule has 2 aromatic rings. The fraction of sp³-hybridized carbons (Fsp3) is 0.100. The van der Waals surface area contributed by atoms with Crippen LogP contribution in [0.15, 0.2) is 30.3 Å². The van der Waals surface area contributed by atoms with Gasteiger partial charge in [-0.05, 0) is 16.9 Å². The van der Waals surface area contributed by atoms with Gasteiger partial charge in [0.15, 0.2) is 0 Å². The zero-order chi connectivity index (χ0) is 11.7. The first-order valence-corrected chi connectivity index (χ1v) is 4.66. The second-order valence-corrected chi connectivity index (χ2v) is 3.30. The fourth-order valence-corrected chi connectivity index (χ4v) is 1.46. The van der Waals surface area contributed by atoms with E-state index in [0.29, 0.717) is 16.2 Å². The minimum atomic E-state index is -0.783. The number of hydrogen-bond acceptors (Lipinski definition) is 3. The third kappa shape index (κ3) is 1.50. The van der Waals surface area contributed by atoms with E-state index in [9.17, 15) is 10.0 Å². The van der Waals surface area contributed by atoms with Gasteiger partial charge in [0.2, 0.25) is 5.69 Å². The van der Waals surface area contributed by atoms with Gasteiger partial charge < -0.3 is 10.9 Å². The highest BCUT2D eigenvalue weighted by Gasteiger charge is 2.23. The van der Waals surface area contributed by atoms with Gasteiger partial charge in [-0.2, -0.15) is 0 Å². The third-order valence-electron chi connectivity index (χ3n) is 2.17. The topological polar surface area (TPSA) is 87.8 Å². The van der Waals surface area contributed by atoms with Gasteiger partial charge in [0.25, 0.3) is 11.6 Å². The average molecular weight is 218 g/mol. The smallest absolute Gasteiger partial charge is 0.295 e. The first-order chi connectivity index (χ1) is 7.61. The van der Waals surface area contributed by atoms with Crippen molar-refractivity contribution >= 4 is 5.91 Å². The fourth-order valence-electron chi connectivity index (χ4n) is 1.46. The van der Waals surface area contributed by atoms with E-state index in [1.807, 2.05) is 6.07 Å². The molecular formula is C10H10N4O2. The number of aromatic nitrogens is 3. The molecule has 0 bridgehead atoms. The standard InChI is InChI=1S/C10H10N4O2/c1-7-9(10(11)15)14(16)13(12-7)8-5-3-2-4-6-8/h2-6H,1H3,(H2,11,15). The van der Waals surface area contributed by atoms with Crippen molar-refractivity contribution in [1.29, 1.82) is 0 Å². The van der Waals surface area contributed by atoms with Crippen LogP contribution in [0.4, 0.5) is 0 Å². The zero-order valence-corrected chi connectivity index (χ0v) is 8.62. The SMILES string of the molecule is Cc1nn(-c2ccccc2)[n+]([O-])c1C(N)=O. The molecule has 0 aliphatic rings. The van der Waals surface area contributed by atoms with E-state index in [1.165, 1.54) is 0 Å². The van der Waals surface area contributed by atoms with Crippen LogP contribution in [0.25, 0.3) is 5.69 Å². The molecule has 6 nitrogen and oxygen atoms in total. The molecule has 2 N–H and O–H groups in total. The van der Waals surface area contributed by atoms with Gasteiger partial charge in [0.1, 0.15) is 5.69 Å². The second kappa shape index (κ2) is 3.65. The van der Waals surface area contributed by atoms with Crippen LogP contribution in [-0.4, -0.2) is 15.8 Å². The van der Waals surface area contributed by atoms with Crippen molar-refractivity contribution in [2.45, 2.75) is 6.92 Å². The van der Waals surface area contributed by atoms with Crippen LogP contribution >= 0.6 is 0 Å². The lowest BCUT2D eigenvalue weighted by atomic mass is 10.3. The Hall–Kier alpha value is -2.37. The van der Waals surface area contributed by atoms with Crippen LogP contribution in [0.2, 0.25) is 0 Å². The van der Waals surface area contributed by atoms with Crippen molar-refractivity contribution in [3.8, 4) is 5.69 Å². The summed E-state index contributed by atoms with van der Waals surface area (Å²) in [6.07, 6.45) is 0. The van der Waals surface area contributed by atoms with Gasteiger partial charge in [0, 0.05) is 12.0 Å². The lowest BCUT2D eigenvalue weighted by molar-refractivity contribution is -0.690. The largest absolute Gasteiger partial charge is 0.692 e. The van der Waals surface area contributed by atoms with Crippen LogP contribution in [0, 0.1) is 12.1 Å². The number of primary amides is 1. The summed E-state index contributed by atoms with van der Waals surface area (Å²) in [7, 11) is 0. The van der Waals surface area contributed by atoms with Crippen molar-refractivity contribution in [2.75, 3.05) is 0 Å². The average Bonchev–Trinajstić information content (AvgIpc) is 2.55. The van der Waals surface area contributed by atoms with Crippen LogP contribution in [-0.2, 0) is 0 Å². The molecule has 1 aromatic heterocycles. The number of rotatable bonds is 2. The molecule has 2 rings (SSSR count). The molecular weight excluding hydrogens is 208 g/mol. The zero-order valence-electron chi connectivity index (χ0n) is 8.62. The molecule has 82 valence electrons. The van der Waals surface area contributed by atoms with Crippen molar-refractivity contribution in [1.82, 2.24) is 9.90 Å². The van der Waals surface area contributed by atoms with E-state index in [0.717, 1.165) is 4.80 Å². The Morgan fingerprint density at radius 3 is 2.56 bits per heavy atom.